The van der Waals surface area contributed by atoms with Crippen LogP contribution in [0, 0.1) is 11.8 Å². The Hall–Kier alpha value is -3.72. The number of hydrogen-bond acceptors (Lipinski definition) is 7. The average molecular weight is 476 g/mol. The zero-order valence-electron chi connectivity index (χ0n) is 19.9. The van der Waals surface area contributed by atoms with Crippen LogP contribution in [-0.2, 0) is 11.3 Å². The predicted molar refractivity (Wildman–Crippen MR) is 130 cm³/mol. The summed E-state index contributed by atoms with van der Waals surface area (Å²) in [5.74, 6) is 2.40. The van der Waals surface area contributed by atoms with Crippen molar-refractivity contribution in [2.45, 2.75) is 19.9 Å². The second-order valence-corrected chi connectivity index (χ2v) is 9.20. The molecule has 35 heavy (non-hydrogen) atoms. The topological polar surface area (TPSA) is 101 Å². The molecule has 2 fully saturated rings. The molecule has 2 atom stereocenters. The summed E-state index contributed by atoms with van der Waals surface area (Å²) in [6, 6.07) is 14.7. The molecule has 3 aromatic rings. The molecule has 9 heteroatoms. The van der Waals surface area contributed by atoms with E-state index < -0.39 is 0 Å². The molecule has 2 aliphatic rings. The largest absolute Gasteiger partial charge is 0.497 e. The second-order valence-electron chi connectivity index (χ2n) is 9.20. The standard InChI is InChI=1S/C26H29N5O4/c1-17-14-22(17)25(32)27-20-5-3-4-19(15-20)26(33)31-12-10-30(11-13-31)16-23-28-24(29-35-23)18-6-8-21(34-2)9-7-18/h3-9,15,17,22H,10-14,16H2,1-2H3,(H,27,32). The Bertz CT molecular complexity index is 1200. The lowest BCUT2D eigenvalue weighted by atomic mass is 10.1. The Morgan fingerprint density at radius 1 is 1.11 bits per heavy atom. The number of carbonyl (C=O) groups is 2. The van der Waals surface area contributed by atoms with Crippen LogP contribution in [0.2, 0.25) is 0 Å². The number of amides is 2. The van der Waals surface area contributed by atoms with E-state index in [0.717, 1.165) is 17.7 Å². The molecule has 9 nitrogen and oxygen atoms in total. The summed E-state index contributed by atoms with van der Waals surface area (Å²) >= 11 is 0. The van der Waals surface area contributed by atoms with Gasteiger partial charge in [0.1, 0.15) is 5.75 Å². The normalized spacial score (nSPS) is 19.9. The van der Waals surface area contributed by atoms with Gasteiger partial charge in [-0.2, -0.15) is 4.98 Å². The van der Waals surface area contributed by atoms with E-state index in [-0.39, 0.29) is 17.7 Å². The third kappa shape index (κ3) is 5.35. The van der Waals surface area contributed by atoms with Crippen LogP contribution in [0.25, 0.3) is 11.4 Å². The number of benzene rings is 2. The third-order valence-corrected chi connectivity index (χ3v) is 6.66. The number of anilines is 1. The van der Waals surface area contributed by atoms with E-state index in [9.17, 15) is 9.59 Å². The maximum absolute atomic E-state index is 13.1. The molecule has 1 saturated heterocycles. The van der Waals surface area contributed by atoms with Crippen molar-refractivity contribution in [3.63, 3.8) is 0 Å². The molecule has 2 amide bonds. The monoisotopic (exact) mass is 475 g/mol. The summed E-state index contributed by atoms with van der Waals surface area (Å²) in [7, 11) is 1.63. The van der Waals surface area contributed by atoms with Crippen molar-refractivity contribution < 1.29 is 18.8 Å². The van der Waals surface area contributed by atoms with Gasteiger partial charge in [0.25, 0.3) is 5.91 Å². The summed E-state index contributed by atoms with van der Waals surface area (Å²) in [6.07, 6.45) is 0.932. The number of carbonyl (C=O) groups excluding carboxylic acids is 2. The predicted octanol–water partition coefficient (Wildman–Crippen LogP) is 3.30. The van der Waals surface area contributed by atoms with Gasteiger partial charge in [-0.05, 0) is 54.8 Å². The number of ether oxygens (including phenoxy) is 1. The van der Waals surface area contributed by atoms with E-state index in [4.69, 9.17) is 9.26 Å². The lowest BCUT2D eigenvalue weighted by Gasteiger charge is -2.34. The lowest BCUT2D eigenvalue weighted by Crippen LogP contribution is -2.48. The highest BCUT2D eigenvalue weighted by Crippen LogP contribution is 2.38. The average Bonchev–Trinajstić information content (AvgIpc) is 3.45. The highest BCUT2D eigenvalue weighted by Gasteiger charge is 2.39. The number of methoxy groups -OCH3 is 1. The van der Waals surface area contributed by atoms with E-state index in [1.165, 1.54) is 0 Å². The van der Waals surface area contributed by atoms with Crippen molar-refractivity contribution in [2.24, 2.45) is 11.8 Å². The molecule has 1 aromatic heterocycles. The van der Waals surface area contributed by atoms with Gasteiger partial charge in [0.15, 0.2) is 0 Å². The molecule has 1 saturated carbocycles. The SMILES string of the molecule is COc1ccc(-c2noc(CN3CCN(C(=O)c4cccc(NC(=O)C5CC5C)c4)CC3)n2)cc1. The van der Waals surface area contributed by atoms with Crippen LogP contribution in [-0.4, -0.2) is 65.0 Å². The summed E-state index contributed by atoms with van der Waals surface area (Å²) in [5.41, 5.74) is 2.12. The molecule has 1 N–H and O–H groups in total. The summed E-state index contributed by atoms with van der Waals surface area (Å²) in [4.78, 5) is 33.8. The zero-order chi connectivity index (χ0) is 24.4. The first kappa shape index (κ1) is 23.0. The van der Waals surface area contributed by atoms with Gasteiger partial charge in [-0.15, -0.1) is 0 Å². The van der Waals surface area contributed by atoms with Gasteiger partial charge in [0.05, 0.1) is 13.7 Å². The quantitative estimate of drug-likeness (QED) is 0.560. The lowest BCUT2D eigenvalue weighted by molar-refractivity contribution is -0.117. The van der Waals surface area contributed by atoms with E-state index in [2.05, 4.69) is 27.3 Å². The number of nitrogens with one attached hydrogen (secondary N) is 1. The highest BCUT2D eigenvalue weighted by atomic mass is 16.5. The maximum Gasteiger partial charge on any atom is 0.254 e. The van der Waals surface area contributed by atoms with E-state index >= 15 is 0 Å². The summed E-state index contributed by atoms with van der Waals surface area (Å²) in [6.45, 7) is 5.24. The van der Waals surface area contributed by atoms with Crippen LogP contribution in [0.15, 0.2) is 53.1 Å². The molecule has 0 spiro atoms. The van der Waals surface area contributed by atoms with Crippen molar-refractivity contribution >= 4 is 17.5 Å². The van der Waals surface area contributed by atoms with Crippen LogP contribution in [0.3, 0.4) is 0 Å². The minimum Gasteiger partial charge on any atom is -0.497 e. The fraction of sp³-hybridized carbons (Fsp3) is 0.385. The van der Waals surface area contributed by atoms with Gasteiger partial charge in [-0.1, -0.05) is 18.1 Å². The third-order valence-electron chi connectivity index (χ3n) is 6.66. The molecule has 0 radical (unpaired) electrons. The van der Waals surface area contributed by atoms with E-state index in [0.29, 0.717) is 61.6 Å². The van der Waals surface area contributed by atoms with Crippen LogP contribution >= 0.6 is 0 Å². The first-order valence-electron chi connectivity index (χ1n) is 11.9. The Balaban J connectivity index is 1.13. The van der Waals surface area contributed by atoms with Gasteiger partial charge in [0.2, 0.25) is 17.6 Å². The van der Waals surface area contributed by atoms with Crippen molar-refractivity contribution in [3.8, 4) is 17.1 Å². The van der Waals surface area contributed by atoms with Crippen molar-refractivity contribution in [2.75, 3.05) is 38.6 Å². The van der Waals surface area contributed by atoms with E-state index in [1.807, 2.05) is 41.3 Å². The van der Waals surface area contributed by atoms with Crippen LogP contribution in [0.4, 0.5) is 5.69 Å². The first-order valence-corrected chi connectivity index (χ1v) is 11.9. The smallest absolute Gasteiger partial charge is 0.254 e. The van der Waals surface area contributed by atoms with Crippen LogP contribution in [0.1, 0.15) is 29.6 Å². The molecule has 182 valence electrons. The number of aromatic nitrogens is 2. The Morgan fingerprint density at radius 3 is 2.54 bits per heavy atom. The molecule has 2 heterocycles. The number of hydrogen-bond donors (Lipinski definition) is 1. The molecular weight excluding hydrogens is 446 g/mol. The minimum atomic E-state index is -0.0277. The minimum absolute atomic E-state index is 0.0277. The van der Waals surface area contributed by atoms with Crippen LogP contribution in [0.5, 0.6) is 5.75 Å². The number of rotatable bonds is 7. The molecule has 2 aromatic carbocycles. The Kier molecular flexibility index (Phi) is 6.50. The molecule has 2 unspecified atom stereocenters. The first-order chi connectivity index (χ1) is 17.0. The van der Waals surface area contributed by atoms with Gasteiger partial charge < -0.3 is 19.5 Å². The zero-order valence-corrected chi connectivity index (χ0v) is 19.9. The summed E-state index contributed by atoms with van der Waals surface area (Å²) in [5, 5.41) is 7.03. The van der Waals surface area contributed by atoms with Crippen molar-refractivity contribution in [1.82, 2.24) is 19.9 Å². The molecular formula is C26H29N5O4. The van der Waals surface area contributed by atoms with E-state index in [1.54, 1.807) is 19.2 Å². The fourth-order valence-corrected chi connectivity index (χ4v) is 4.31. The summed E-state index contributed by atoms with van der Waals surface area (Å²) < 4.78 is 10.6. The molecule has 5 rings (SSSR count). The van der Waals surface area contributed by atoms with Crippen molar-refractivity contribution in [1.29, 1.82) is 0 Å². The number of piperazine rings is 1. The fourth-order valence-electron chi connectivity index (χ4n) is 4.31. The molecule has 0 bridgehead atoms. The Morgan fingerprint density at radius 2 is 1.86 bits per heavy atom. The van der Waals surface area contributed by atoms with Gasteiger partial charge in [-0.25, -0.2) is 0 Å². The molecule has 1 aliphatic heterocycles. The number of nitrogens with zero attached hydrogens (tertiary/aromatic N) is 4. The van der Waals surface area contributed by atoms with Crippen molar-refractivity contribution in [3.05, 3.63) is 60.0 Å². The van der Waals surface area contributed by atoms with Gasteiger partial charge >= 0.3 is 0 Å². The van der Waals surface area contributed by atoms with Gasteiger partial charge in [-0.3, -0.25) is 14.5 Å². The second kappa shape index (κ2) is 9.87. The van der Waals surface area contributed by atoms with Gasteiger partial charge in [0, 0.05) is 48.9 Å². The maximum atomic E-state index is 13.1. The highest BCUT2D eigenvalue weighted by molar-refractivity contribution is 5.98. The van der Waals surface area contributed by atoms with Crippen LogP contribution < -0.4 is 10.1 Å². The molecule has 1 aliphatic carbocycles. The Labute approximate surface area is 204 Å².